The molecule has 0 unspecified atom stereocenters. The summed E-state index contributed by atoms with van der Waals surface area (Å²) >= 11 is 5.97. The molecule has 0 saturated carbocycles. The molecule has 0 aliphatic heterocycles. The normalized spacial score (nSPS) is 11.1. The number of nitrogens with zero attached hydrogens (tertiary/aromatic N) is 3. The predicted octanol–water partition coefficient (Wildman–Crippen LogP) is 2.05. The molecule has 0 aliphatic rings. The maximum atomic E-state index is 12.6. The first-order chi connectivity index (χ1) is 9.84. The number of sulfonamides is 1. The van der Waals surface area contributed by atoms with E-state index < -0.39 is 10.0 Å². The fourth-order valence-corrected chi connectivity index (χ4v) is 3.47. The van der Waals surface area contributed by atoms with Gasteiger partial charge in [-0.1, -0.05) is 11.6 Å². The van der Waals surface area contributed by atoms with Gasteiger partial charge in [0.1, 0.15) is 0 Å². The molecule has 1 aromatic rings. The lowest BCUT2D eigenvalue weighted by atomic mass is 10.2. The molecule has 6 nitrogen and oxygen atoms in total. The third-order valence-electron chi connectivity index (χ3n) is 2.94. The van der Waals surface area contributed by atoms with Crippen LogP contribution in [0, 0.1) is 29.6 Å². The van der Waals surface area contributed by atoms with Gasteiger partial charge in [-0.15, -0.1) is 0 Å². The molecule has 0 saturated heterocycles. The minimum Gasteiger partial charge on any atom is -0.398 e. The van der Waals surface area contributed by atoms with Gasteiger partial charge in [-0.25, -0.2) is 8.42 Å². The first kappa shape index (κ1) is 17.3. The van der Waals surface area contributed by atoms with E-state index in [1.165, 1.54) is 12.1 Å². The van der Waals surface area contributed by atoms with E-state index in [1.807, 2.05) is 12.1 Å². The second kappa shape index (κ2) is 7.28. The summed E-state index contributed by atoms with van der Waals surface area (Å²) < 4.78 is 26.2. The zero-order valence-corrected chi connectivity index (χ0v) is 13.1. The molecular formula is C13H15ClN4O2S. The molecule has 112 valence electrons. The molecule has 0 radical (unpaired) electrons. The Labute approximate surface area is 129 Å². The van der Waals surface area contributed by atoms with Gasteiger partial charge >= 0.3 is 0 Å². The molecule has 0 atom stereocenters. The highest BCUT2D eigenvalue weighted by atomic mass is 35.5. The van der Waals surface area contributed by atoms with Gasteiger partial charge in [0.05, 0.1) is 17.0 Å². The molecule has 0 fully saturated rings. The van der Waals surface area contributed by atoms with Crippen LogP contribution in [0.25, 0.3) is 0 Å². The van der Waals surface area contributed by atoms with Crippen molar-refractivity contribution in [3.8, 4) is 12.1 Å². The van der Waals surface area contributed by atoms with E-state index in [4.69, 9.17) is 27.9 Å². The summed E-state index contributed by atoms with van der Waals surface area (Å²) in [6, 6.07) is 6.44. The number of nitriles is 2. The van der Waals surface area contributed by atoms with Crippen molar-refractivity contribution in [2.24, 2.45) is 0 Å². The maximum Gasteiger partial charge on any atom is 0.243 e. The van der Waals surface area contributed by atoms with Gasteiger partial charge in [0.25, 0.3) is 0 Å². The lowest BCUT2D eigenvalue weighted by molar-refractivity contribution is 0.425. The summed E-state index contributed by atoms with van der Waals surface area (Å²) in [5.41, 5.74) is 6.63. The topological polar surface area (TPSA) is 111 Å². The van der Waals surface area contributed by atoms with Crippen molar-refractivity contribution in [2.75, 3.05) is 18.8 Å². The van der Waals surface area contributed by atoms with Crippen molar-refractivity contribution in [2.45, 2.75) is 24.7 Å². The number of benzene rings is 1. The Morgan fingerprint density at radius 3 is 2.19 bits per heavy atom. The molecule has 0 bridgehead atoms. The van der Waals surface area contributed by atoms with Crippen molar-refractivity contribution >= 4 is 27.3 Å². The van der Waals surface area contributed by atoms with E-state index in [9.17, 15) is 8.42 Å². The molecule has 0 spiro atoms. The van der Waals surface area contributed by atoms with Crippen LogP contribution >= 0.6 is 11.6 Å². The number of halogens is 1. The maximum absolute atomic E-state index is 12.6. The van der Waals surface area contributed by atoms with Crippen LogP contribution < -0.4 is 5.73 Å². The van der Waals surface area contributed by atoms with Crippen LogP contribution in [0.1, 0.15) is 18.4 Å². The van der Waals surface area contributed by atoms with Crippen molar-refractivity contribution in [1.82, 2.24) is 4.31 Å². The number of rotatable bonds is 6. The van der Waals surface area contributed by atoms with Gasteiger partial charge < -0.3 is 5.73 Å². The lowest BCUT2D eigenvalue weighted by Gasteiger charge is -2.20. The first-order valence-corrected chi connectivity index (χ1v) is 7.96. The zero-order valence-electron chi connectivity index (χ0n) is 11.5. The van der Waals surface area contributed by atoms with E-state index in [2.05, 4.69) is 0 Å². The van der Waals surface area contributed by atoms with Crippen LogP contribution in [-0.4, -0.2) is 25.8 Å². The largest absolute Gasteiger partial charge is 0.398 e. The molecule has 0 aliphatic carbocycles. The van der Waals surface area contributed by atoms with Gasteiger partial charge in [-0.2, -0.15) is 14.8 Å². The van der Waals surface area contributed by atoms with Crippen LogP contribution in [-0.2, 0) is 10.0 Å². The average Bonchev–Trinajstić information content (AvgIpc) is 2.44. The quantitative estimate of drug-likeness (QED) is 0.804. The smallest absolute Gasteiger partial charge is 0.243 e. The number of anilines is 1. The minimum absolute atomic E-state index is 0.0198. The molecule has 1 rings (SSSR count). The Morgan fingerprint density at radius 2 is 1.76 bits per heavy atom. The van der Waals surface area contributed by atoms with Crippen LogP contribution in [0.15, 0.2) is 17.0 Å². The summed E-state index contributed by atoms with van der Waals surface area (Å²) in [6.45, 7) is 1.73. The minimum atomic E-state index is -3.84. The zero-order chi connectivity index (χ0) is 16.0. The Kier molecular flexibility index (Phi) is 5.98. The van der Waals surface area contributed by atoms with Crippen LogP contribution in [0.2, 0.25) is 5.02 Å². The third-order valence-corrected chi connectivity index (χ3v) is 5.21. The second-order valence-corrected chi connectivity index (χ2v) is 6.68. The monoisotopic (exact) mass is 326 g/mol. The number of nitrogens with two attached hydrogens (primary N) is 1. The van der Waals surface area contributed by atoms with Gasteiger partial charge in [-0.05, 0) is 24.6 Å². The van der Waals surface area contributed by atoms with E-state index >= 15 is 0 Å². The molecule has 2 N–H and O–H groups in total. The van der Waals surface area contributed by atoms with Crippen molar-refractivity contribution in [3.63, 3.8) is 0 Å². The van der Waals surface area contributed by atoms with Crippen LogP contribution in [0.3, 0.4) is 0 Å². The second-order valence-electron chi connectivity index (χ2n) is 4.34. The summed E-state index contributed by atoms with van der Waals surface area (Å²) in [4.78, 5) is -0.0357. The molecular weight excluding hydrogens is 312 g/mol. The molecule has 21 heavy (non-hydrogen) atoms. The lowest BCUT2D eigenvalue weighted by Crippen LogP contribution is -2.33. The van der Waals surface area contributed by atoms with E-state index in [0.29, 0.717) is 5.56 Å². The number of nitrogen functional groups attached to an aromatic ring is 1. The van der Waals surface area contributed by atoms with Crippen LogP contribution in [0.5, 0.6) is 0 Å². The highest BCUT2D eigenvalue weighted by molar-refractivity contribution is 7.89. The van der Waals surface area contributed by atoms with Gasteiger partial charge in [0.2, 0.25) is 10.0 Å². The van der Waals surface area contributed by atoms with Crippen molar-refractivity contribution < 1.29 is 8.42 Å². The van der Waals surface area contributed by atoms with E-state index in [1.54, 1.807) is 6.92 Å². The third kappa shape index (κ3) is 4.08. The predicted molar refractivity (Wildman–Crippen MR) is 79.8 cm³/mol. The highest BCUT2D eigenvalue weighted by Gasteiger charge is 2.25. The Hall–Kier alpha value is -1.80. The Bertz CT molecular complexity index is 663. The fraction of sp³-hybridized carbons (Fsp3) is 0.385. The fourth-order valence-electron chi connectivity index (χ4n) is 1.67. The molecule has 0 aromatic heterocycles. The SMILES string of the molecule is Cc1c(N)cc(S(=O)(=O)N(CCC#N)CCC#N)cc1Cl. The van der Waals surface area contributed by atoms with Gasteiger partial charge in [0, 0.05) is 36.6 Å². The summed E-state index contributed by atoms with van der Waals surface area (Å²) in [5, 5.41) is 17.5. The van der Waals surface area contributed by atoms with Gasteiger partial charge in [0.15, 0.2) is 0 Å². The Morgan fingerprint density at radius 1 is 1.24 bits per heavy atom. The Balaban J connectivity index is 3.22. The molecule has 0 heterocycles. The van der Waals surface area contributed by atoms with Crippen molar-refractivity contribution in [3.05, 3.63) is 22.7 Å². The summed E-state index contributed by atoms with van der Waals surface area (Å²) in [5.74, 6) is 0. The van der Waals surface area contributed by atoms with Crippen molar-refractivity contribution in [1.29, 1.82) is 10.5 Å². The standard InChI is InChI=1S/C13H15ClN4O2S/c1-10-12(14)8-11(9-13(10)17)21(19,20)18(6-2-4-15)7-3-5-16/h8-9H,2-3,6-7,17H2,1H3. The van der Waals surface area contributed by atoms with E-state index in [-0.39, 0.29) is 41.5 Å². The summed E-state index contributed by atoms with van der Waals surface area (Å²) in [6.07, 6.45) is 0.0828. The molecule has 8 heteroatoms. The first-order valence-electron chi connectivity index (χ1n) is 6.14. The number of hydrogen-bond acceptors (Lipinski definition) is 5. The number of hydrogen-bond donors (Lipinski definition) is 1. The van der Waals surface area contributed by atoms with Gasteiger partial charge in [-0.3, -0.25) is 0 Å². The average molecular weight is 327 g/mol. The van der Waals surface area contributed by atoms with Crippen LogP contribution in [0.4, 0.5) is 5.69 Å². The highest BCUT2D eigenvalue weighted by Crippen LogP contribution is 2.27. The molecule has 0 amide bonds. The molecule has 1 aromatic carbocycles. The summed E-state index contributed by atoms with van der Waals surface area (Å²) in [7, 11) is -3.84. The van der Waals surface area contributed by atoms with E-state index in [0.717, 1.165) is 4.31 Å².